The van der Waals surface area contributed by atoms with Gasteiger partial charge in [0.05, 0.1) is 0 Å². The molecule has 0 saturated heterocycles. The first-order valence-electron chi connectivity index (χ1n) is 5.74. The van der Waals surface area contributed by atoms with E-state index < -0.39 is 0 Å². The van der Waals surface area contributed by atoms with Gasteiger partial charge < -0.3 is 4.79 Å². The van der Waals surface area contributed by atoms with E-state index in [0.29, 0.717) is 6.42 Å². The number of Topliss-reactive ketones (excluding diaryl/α,β-unsaturated/α-hetero) is 1. The molecule has 1 nitrogen and oxygen atoms in total. The van der Waals surface area contributed by atoms with Crippen LogP contribution in [-0.4, -0.2) is 5.78 Å². The summed E-state index contributed by atoms with van der Waals surface area (Å²) >= 11 is 0. The summed E-state index contributed by atoms with van der Waals surface area (Å²) in [5.41, 5.74) is 1.76. The van der Waals surface area contributed by atoms with Crippen molar-refractivity contribution < 1.29 is 4.79 Å². The van der Waals surface area contributed by atoms with Gasteiger partial charge in [-0.15, -0.1) is 0 Å². The Morgan fingerprint density at radius 1 is 1.00 bits per heavy atom. The zero-order chi connectivity index (χ0) is 12.3. The van der Waals surface area contributed by atoms with Crippen molar-refractivity contribution in [3.63, 3.8) is 0 Å². The smallest absolute Gasteiger partial charge is 0.130 e. The average Bonchev–Trinajstić information content (AvgIpc) is 1.93. The van der Waals surface area contributed by atoms with E-state index in [1.54, 1.807) is 6.92 Å². The number of allylic oxidation sites excluding steroid dienone is 2. The van der Waals surface area contributed by atoms with E-state index in [-0.39, 0.29) is 16.6 Å². The molecule has 1 heteroatoms. The van der Waals surface area contributed by atoms with Crippen LogP contribution in [0.25, 0.3) is 0 Å². The highest BCUT2D eigenvalue weighted by Gasteiger charge is 2.20. The van der Waals surface area contributed by atoms with Crippen molar-refractivity contribution in [2.45, 2.75) is 61.3 Å². The van der Waals surface area contributed by atoms with Crippen LogP contribution in [0.2, 0.25) is 0 Å². The highest BCUT2D eigenvalue weighted by molar-refractivity contribution is 5.75. The Hall–Kier alpha value is -0.590. The molecule has 0 fully saturated rings. The Kier molecular flexibility index (Phi) is 4.76. The molecular formula is C14H26O. The van der Waals surface area contributed by atoms with Gasteiger partial charge in [0.2, 0.25) is 0 Å². The van der Waals surface area contributed by atoms with Crippen LogP contribution in [-0.2, 0) is 4.79 Å². The quantitative estimate of drug-likeness (QED) is 0.632. The number of hydrogen-bond donors (Lipinski definition) is 0. The topological polar surface area (TPSA) is 17.1 Å². The van der Waals surface area contributed by atoms with Gasteiger partial charge in [0.15, 0.2) is 0 Å². The molecule has 0 N–H and O–H groups in total. The maximum Gasteiger partial charge on any atom is 0.130 e. The van der Waals surface area contributed by atoms with E-state index in [2.05, 4.69) is 47.6 Å². The van der Waals surface area contributed by atoms with Crippen molar-refractivity contribution >= 4 is 5.78 Å². The van der Waals surface area contributed by atoms with Crippen LogP contribution >= 0.6 is 0 Å². The lowest BCUT2D eigenvalue weighted by Gasteiger charge is -2.27. The number of ketones is 1. The molecule has 0 amide bonds. The third-order valence-electron chi connectivity index (χ3n) is 2.32. The number of hydrogen-bond acceptors (Lipinski definition) is 1. The molecule has 88 valence electrons. The number of carbonyl (C=O) groups excluding carboxylic acids is 1. The third-order valence-corrected chi connectivity index (χ3v) is 2.32. The maximum absolute atomic E-state index is 11.0. The van der Waals surface area contributed by atoms with Crippen molar-refractivity contribution in [3.05, 3.63) is 11.6 Å². The van der Waals surface area contributed by atoms with Crippen molar-refractivity contribution in [2.24, 2.45) is 10.8 Å². The van der Waals surface area contributed by atoms with Gasteiger partial charge in [-0.2, -0.15) is 0 Å². The molecule has 0 aliphatic carbocycles. The summed E-state index contributed by atoms with van der Waals surface area (Å²) in [7, 11) is 0. The summed E-state index contributed by atoms with van der Waals surface area (Å²) in [6.45, 7) is 14.9. The van der Waals surface area contributed by atoms with Crippen LogP contribution in [0.3, 0.4) is 0 Å². The average molecular weight is 210 g/mol. The fourth-order valence-electron chi connectivity index (χ4n) is 1.50. The molecular weight excluding hydrogens is 184 g/mol. The van der Waals surface area contributed by atoms with Gasteiger partial charge in [0.1, 0.15) is 5.78 Å². The normalized spacial score (nSPS) is 14.2. The van der Waals surface area contributed by atoms with Gasteiger partial charge in [-0.05, 0) is 24.2 Å². The summed E-state index contributed by atoms with van der Waals surface area (Å²) in [4.78, 5) is 11.0. The Morgan fingerprint density at radius 3 is 1.73 bits per heavy atom. The minimum Gasteiger partial charge on any atom is -0.300 e. The summed E-state index contributed by atoms with van der Waals surface area (Å²) < 4.78 is 0. The molecule has 0 spiro atoms. The molecule has 15 heavy (non-hydrogen) atoms. The monoisotopic (exact) mass is 210 g/mol. The summed E-state index contributed by atoms with van der Waals surface area (Å²) in [5, 5.41) is 0. The van der Waals surface area contributed by atoms with Crippen LogP contribution in [0.15, 0.2) is 11.6 Å². The molecule has 0 unspecified atom stereocenters. The second-order valence-electron chi connectivity index (χ2n) is 6.49. The minimum atomic E-state index is 0.169. The summed E-state index contributed by atoms with van der Waals surface area (Å²) in [6, 6.07) is 0. The standard InChI is InChI=1S/C14H26O/c1-11(15)8-9-12(14(5,6)7)10-13(2,3)4/h10H,8-9H2,1-7H3/b12-10+. The van der Waals surface area contributed by atoms with Crippen molar-refractivity contribution in [3.8, 4) is 0 Å². The zero-order valence-corrected chi connectivity index (χ0v) is 11.4. The fourth-order valence-corrected chi connectivity index (χ4v) is 1.50. The van der Waals surface area contributed by atoms with Crippen LogP contribution in [0.1, 0.15) is 61.3 Å². The maximum atomic E-state index is 11.0. The Bertz CT molecular complexity index is 245. The van der Waals surface area contributed by atoms with E-state index >= 15 is 0 Å². The highest BCUT2D eigenvalue weighted by atomic mass is 16.1. The van der Waals surface area contributed by atoms with Gasteiger partial charge in [0.25, 0.3) is 0 Å². The molecule has 0 rings (SSSR count). The molecule has 0 aromatic heterocycles. The Labute approximate surface area is 95.0 Å². The van der Waals surface area contributed by atoms with Crippen LogP contribution in [0.5, 0.6) is 0 Å². The summed E-state index contributed by atoms with van der Waals surface area (Å²) in [5.74, 6) is 0.277. The lowest BCUT2D eigenvalue weighted by Crippen LogP contribution is -2.14. The highest BCUT2D eigenvalue weighted by Crippen LogP contribution is 2.32. The van der Waals surface area contributed by atoms with E-state index in [9.17, 15) is 4.79 Å². The minimum absolute atomic E-state index is 0.169. The molecule has 0 aliphatic rings. The Morgan fingerprint density at radius 2 is 1.47 bits per heavy atom. The van der Waals surface area contributed by atoms with Crippen molar-refractivity contribution in [1.82, 2.24) is 0 Å². The van der Waals surface area contributed by atoms with Crippen LogP contribution in [0, 0.1) is 10.8 Å². The van der Waals surface area contributed by atoms with E-state index in [1.807, 2.05) is 0 Å². The third kappa shape index (κ3) is 7.35. The van der Waals surface area contributed by atoms with Gasteiger partial charge in [-0.25, -0.2) is 0 Å². The van der Waals surface area contributed by atoms with Crippen molar-refractivity contribution in [1.29, 1.82) is 0 Å². The molecule has 0 aliphatic heterocycles. The first-order valence-corrected chi connectivity index (χ1v) is 5.74. The lowest BCUT2D eigenvalue weighted by molar-refractivity contribution is -0.117. The van der Waals surface area contributed by atoms with Gasteiger partial charge in [-0.3, -0.25) is 0 Å². The molecule has 0 aromatic carbocycles. The van der Waals surface area contributed by atoms with Crippen LogP contribution < -0.4 is 0 Å². The molecule has 0 heterocycles. The summed E-state index contributed by atoms with van der Waals surface area (Å²) in [6.07, 6.45) is 3.88. The molecule has 0 aromatic rings. The fraction of sp³-hybridized carbons (Fsp3) is 0.786. The van der Waals surface area contributed by atoms with Gasteiger partial charge in [-0.1, -0.05) is 53.2 Å². The largest absolute Gasteiger partial charge is 0.300 e. The lowest BCUT2D eigenvalue weighted by atomic mass is 9.79. The number of rotatable bonds is 3. The van der Waals surface area contributed by atoms with Gasteiger partial charge in [0, 0.05) is 6.42 Å². The zero-order valence-electron chi connectivity index (χ0n) is 11.4. The second-order valence-corrected chi connectivity index (χ2v) is 6.49. The first-order chi connectivity index (χ1) is 6.52. The predicted octanol–water partition coefficient (Wildman–Crippen LogP) is 4.37. The van der Waals surface area contributed by atoms with E-state index in [4.69, 9.17) is 0 Å². The second kappa shape index (κ2) is 4.96. The molecule has 0 radical (unpaired) electrons. The predicted molar refractivity (Wildman–Crippen MR) is 66.9 cm³/mol. The van der Waals surface area contributed by atoms with Gasteiger partial charge >= 0.3 is 0 Å². The number of carbonyl (C=O) groups is 1. The SMILES string of the molecule is CC(=O)CC/C(=C\C(C)(C)C)C(C)(C)C. The van der Waals surface area contributed by atoms with E-state index in [1.165, 1.54) is 5.57 Å². The van der Waals surface area contributed by atoms with E-state index in [0.717, 1.165) is 6.42 Å². The molecule has 0 bridgehead atoms. The molecule has 0 saturated carbocycles. The van der Waals surface area contributed by atoms with Crippen molar-refractivity contribution in [2.75, 3.05) is 0 Å². The Balaban J connectivity index is 4.76. The van der Waals surface area contributed by atoms with Crippen LogP contribution in [0.4, 0.5) is 0 Å². The molecule has 0 atom stereocenters. The first kappa shape index (κ1) is 14.4.